The zero-order valence-corrected chi connectivity index (χ0v) is 8.39. The van der Waals surface area contributed by atoms with Gasteiger partial charge in [0.15, 0.2) is 0 Å². The number of allylic oxidation sites excluding steroid dienone is 1. The van der Waals surface area contributed by atoms with E-state index in [1.54, 1.807) is 0 Å². The van der Waals surface area contributed by atoms with Gasteiger partial charge in [-0.25, -0.2) is 0 Å². The van der Waals surface area contributed by atoms with Crippen LogP contribution in [0.5, 0.6) is 0 Å². The fourth-order valence-electron chi connectivity index (χ4n) is 0.764. The van der Waals surface area contributed by atoms with Crippen LogP contribution >= 0.6 is 0 Å². The smallest absolute Gasteiger partial charge is 0.312 e. The molecule has 0 aromatic heterocycles. The normalized spacial score (nSPS) is 14.2. The number of carbonyl (C=O) groups excluding carboxylic acids is 1. The molecule has 0 aliphatic carbocycles. The molecule has 1 atom stereocenters. The maximum absolute atomic E-state index is 11.2. The molecule has 2 nitrogen and oxygen atoms in total. The molecule has 0 aliphatic rings. The van der Waals surface area contributed by atoms with Crippen molar-refractivity contribution in [1.82, 2.24) is 0 Å². The van der Waals surface area contributed by atoms with E-state index in [0.29, 0.717) is 6.61 Å². The molecule has 0 spiro atoms. The topological polar surface area (TPSA) is 26.3 Å². The number of ether oxygens (including phenoxy) is 1. The summed E-state index contributed by atoms with van der Waals surface area (Å²) in [6, 6.07) is 0. The van der Waals surface area contributed by atoms with Gasteiger partial charge in [-0.05, 0) is 27.2 Å². The molecule has 0 aromatic carbocycles. The summed E-state index contributed by atoms with van der Waals surface area (Å²) in [6.45, 7) is 8.25. The monoisotopic (exact) mass is 170 g/mol. The van der Waals surface area contributed by atoms with Gasteiger partial charge in [0.25, 0.3) is 0 Å². The van der Waals surface area contributed by atoms with Crippen molar-refractivity contribution in [2.75, 3.05) is 6.61 Å². The molecule has 0 fully saturated rings. The Morgan fingerprint density at radius 3 is 2.58 bits per heavy atom. The van der Waals surface area contributed by atoms with Crippen LogP contribution in [-0.2, 0) is 9.53 Å². The van der Waals surface area contributed by atoms with Crippen LogP contribution in [0.3, 0.4) is 0 Å². The third-order valence-corrected chi connectivity index (χ3v) is 1.94. The molecule has 0 radical (unpaired) electrons. The molecule has 1 unspecified atom stereocenters. The fourth-order valence-corrected chi connectivity index (χ4v) is 0.764. The zero-order chi connectivity index (χ0) is 9.56. The fraction of sp³-hybridized carbons (Fsp3) is 0.700. The Morgan fingerprint density at radius 2 is 2.17 bits per heavy atom. The highest BCUT2D eigenvalue weighted by Gasteiger charge is 2.14. The second kappa shape index (κ2) is 5.81. The Bertz CT molecular complexity index is 171. The van der Waals surface area contributed by atoms with E-state index in [0.717, 1.165) is 12.0 Å². The van der Waals surface area contributed by atoms with Gasteiger partial charge in [0, 0.05) is 0 Å². The van der Waals surface area contributed by atoms with Crippen molar-refractivity contribution >= 4 is 5.97 Å². The number of esters is 1. The molecule has 0 heterocycles. The second-order valence-electron chi connectivity index (χ2n) is 2.92. The van der Waals surface area contributed by atoms with E-state index < -0.39 is 0 Å². The van der Waals surface area contributed by atoms with Crippen LogP contribution < -0.4 is 0 Å². The second-order valence-corrected chi connectivity index (χ2v) is 2.92. The number of carbonyl (C=O) groups is 1. The van der Waals surface area contributed by atoms with Crippen molar-refractivity contribution in [3.05, 3.63) is 11.6 Å². The maximum atomic E-state index is 11.2. The lowest BCUT2D eigenvalue weighted by Gasteiger charge is -2.10. The molecular weight excluding hydrogens is 152 g/mol. The summed E-state index contributed by atoms with van der Waals surface area (Å²) in [7, 11) is 0. The molecule has 0 aliphatic heterocycles. The molecular formula is C10H18O2. The molecule has 0 saturated heterocycles. The van der Waals surface area contributed by atoms with E-state index in [2.05, 4.69) is 0 Å². The average molecular weight is 170 g/mol. The Balaban J connectivity index is 3.93. The summed E-state index contributed by atoms with van der Waals surface area (Å²) >= 11 is 0. The molecule has 0 aromatic rings. The zero-order valence-electron chi connectivity index (χ0n) is 8.39. The Morgan fingerprint density at radius 1 is 1.58 bits per heavy atom. The van der Waals surface area contributed by atoms with Crippen molar-refractivity contribution < 1.29 is 9.53 Å². The molecule has 12 heavy (non-hydrogen) atoms. The van der Waals surface area contributed by atoms with Gasteiger partial charge in [0.05, 0.1) is 12.5 Å². The highest BCUT2D eigenvalue weighted by molar-refractivity contribution is 5.75. The van der Waals surface area contributed by atoms with E-state index in [4.69, 9.17) is 4.74 Å². The van der Waals surface area contributed by atoms with Gasteiger partial charge in [0.2, 0.25) is 0 Å². The predicted octanol–water partition coefficient (Wildman–Crippen LogP) is 2.54. The summed E-state index contributed by atoms with van der Waals surface area (Å²) in [4.78, 5) is 11.2. The van der Waals surface area contributed by atoms with Gasteiger partial charge in [-0.3, -0.25) is 4.79 Å². The van der Waals surface area contributed by atoms with Crippen molar-refractivity contribution in [1.29, 1.82) is 0 Å². The minimum atomic E-state index is -0.118. The van der Waals surface area contributed by atoms with E-state index in [1.807, 2.05) is 33.8 Å². The molecule has 2 heteroatoms. The molecule has 0 rings (SSSR count). The number of rotatable bonds is 4. The SMILES string of the molecule is C/C=C(\C)C(C)C(=O)OCCC. The van der Waals surface area contributed by atoms with Gasteiger partial charge in [0.1, 0.15) is 0 Å². The molecule has 0 N–H and O–H groups in total. The van der Waals surface area contributed by atoms with Crippen LogP contribution in [0.2, 0.25) is 0 Å². The first-order valence-electron chi connectivity index (χ1n) is 4.42. The molecule has 0 saturated carbocycles. The van der Waals surface area contributed by atoms with Gasteiger partial charge in [-0.1, -0.05) is 18.6 Å². The van der Waals surface area contributed by atoms with E-state index in [1.165, 1.54) is 0 Å². The lowest BCUT2D eigenvalue weighted by Crippen LogP contribution is -2.16. The standard InChI is InChI=1S/C10H18O2/c1-5-7-12-10(11)9(4)8(3)6-2/h6,9H,5,7H2,1-4H3/b8-6+. The van der Waals surface area contributed by atoms with Crippen LogP contribution in [-0.4, -0.2) is 12.6 Å². The summed E-state index contributed by atoms with van der Waals surface area (Å²) in [5.74, 6) is -0.214. The van der Waals surface area contributed by atoms with E-state index >= 15 is 0 Å². The first-order valence-corrected chi connectivity index (χ1v) is 4.42. The van der Waals surface area contributed by atoms with Crippen molar-refractivity contribution in [3.8, 4) is 0 Å². The predicted molar refractivity (Wildman–Crippen MR) is 49.8 cm³/mol. The summed E-state index contributed by atoms with van der Waals surface area (Å²) < 4.78 is 5.00. The van der Waals surface area contributed by atoms with Crippen LogP contribution in [0.25, 0.3) is 0 Å². The minimum Gasteiger partial charge on any atom is -0.465 e. The highest BCUT2D eigenvalue weighted by Crippen LogP contribution is 2.10. The van der Waals surface area contributed by atoms with E-state index in [9.17, 15) is 4.79 Å². The van der Waals surface area contributed by atoms with Gasteiger partial charge in [-0.2, -0.15) is 0 Å². The van der Waals surface area contributed by atoms with Crippen LogP contribution in [0.4, 0.5) is 0 Å². The lowest BCUT2D eigenvalue weighted by atomic mass is 10.0. The van der Waals surface area contributed by atoms with Crippen molar-refractivity contribution in [2.24, 2.45) is 5.92 Å². The van der Waals surface area contributed by atoms with Gasteiger partial charge < -0.3 is 4.74 Å². The minimum absolute atomic E-state index is 0.0958. The largest absolute Gasteiger partial charge is 0.465 e. The Hall–Kier alpha value is -0.790. The maximum Gasteiger partial charge on any atom is 0.312 e. The van der Waals surface area contributed by atoms with Crippen LogP contribution in [0.15, 0.2) is 11.6 Å². The molecule has 0 bridgehead atoms. The van der Waals surface area contributed by atoms with Crippen molar-refractivity contribution in [3.63, 3.8) is 0 Å². The first-order chi connectivity index (χ1) is 5.63. The third-order valence-electron chi connectivity index (χ3n) is 1.94. The van der Waals surface area contributed by atoms with E-state index in [-0.39, 0.29) is 11.9 Å². The summed E-state index contributed by atoms with van der Waals surface area (Å²) in [6.07, 6.45) is 2.82. The first kappa shape index (κ1) is 11.2. The number of hydrogen-bond donors (Lipinski definition) is 0. The molecule has 0 amide bonds. The Labute approximate surface area is 74.6 Å². The highest BCUT2D eigenvalue weighted by atomic mass is 16.5. The quantitative estimate of drug-likeness (QED) is 0.478. The number of hydrogen-bond acceptors (Lipinski definition) is 2. The van der Waals surface area contributed by atoms with Crippen LogP contribution in [0, 0.1) is 5.92 Å². The van der Waals surface area contributed by atoms with Crippen LogP contribution in [0.1, 0.15) is 34.1 Å². The summed E-state index contributed by atoms with van der Waals surface area (Å²) in [5.41, 5.74) is 1.07. The van der Waals surface area contributed by atoms with Gasteiger partial charge >= 0.3 is 5.97 Å². The van der Waals surface area contributed by atoms with Gasteiger partial charge in [-0.15, -0.1) is 0 Å². The molecule has 70 valence electrons. The Kier molecular flexibility index (Phi) is 5.43. The third kappa shape index (κ3) is 3.56. The average Bonchev–Trinajstić information content (AvgIpc) is 2.11. The summed E-state index contributed by atoms with van der Waals surface area (Å²) in [5, 5.41) is 0. The van der Waals surface area contributed by atoms with Crippen molar-refractivity contribution in [2.45, 2.75) is 34.1 Å². The lowest BCUT2D eigenvalue weighted by molar-refractivity contribution is -0.146.